The predicted octanol–water partition coefficient (Wildman–Crippen LogP) is 9.88. The van der Waals surface area contributed by atoms with Crippen LogP contribution >= 0.6 is 0 Å². The van der Waals surface area contributed by atoms with E-state index in [1.807, 2.05) is 0 Å². The van der Waals surface area contributed by atoms with Crippen molar-refractivity contribution >= 4 is 11.7 Å². The van der Waals surface area contributed by atoms with Gasteiger partial charge < -0.3 is 15.5 Å². The Balaban J connectivity index is 1.71. The van der Waals surface area contributed by atoms with E-state index >= 15 is 0 Å². The second-order valence-corrected chi connectivity index (χ2v) is 17.5. The highest BCUT2D eigenvalue weighted by Crippen LogP contribution is 2.41. The molecule has 46 heavy (non-hydrogen) atoms. The van der Waals surface area contributed by atoms with E-state index in [9.17, 15) is 19.8 Å². The third-order valence-electron chi connectivity index (χ3n) is 8.86. The normalized spacial score (nSPS) is 12.8. The van der Waals surface area contributed by atoms with Gasteiger partial charge in [0.25, 0.3) is 0 Å². The van der Waals surface area contributed by atoms with E-state index < -0.39 is 0 Å². The lowest BCUT2D eigenvalue weighted by Gasteiger charge is -2.28. The van der Waals surface area contributed by atoms with E-state index in [-0.39, 0.29) is 27.6 Å². The fraction of sp³-hybridized carbons (Fsp3) is 0.659. The quantitative estimate of drug-likeness (QED) is 0.180. The third-order valence-corrected chi connectivity index (χ3v) is 8.86. The average Bonchev–Trinajstić information content (AvgIpc) is 2.90. The number of amides is 1. The number of rotatable bonds is 14. The molecule has 0 saturated carbocycles. The molecular formula is C41H65NO4. The van der Waals surface area contributed by atoms with Crippen LogP contribution in [0.3, 0.4) is 0 Å². The maximum atomic E-state index is 12.7. The standard InChI is InChI=1S/C41H65NO4/c1-38(2,3)31-24-28(25-32(36(31)45)39(4,5)6)19-21-30(43)18-16-14-13-15-17-23-42-35(44)22-20-29-26-33(40(7,8)9)37(46)34(27-29)41(10,11)12/h24-27,45-46H,13-23H2,1-12H3,(H,42,44). The van der Waals surface area contributed by atoms with Gasteiger partial charge in [-0.25, -0.2) is 0 Å². The Bertz CT molecular complexity index is 1150. The van der Waals surface area contributed by atoms with Crippen LogP contribution in [0.2, 0.25) is 0 Å². The molecule has 0 heterocycles. The summed E-state index contributed by atoms with van der Waals surface area (Å²) in [6, 6.07) is 8.27. The number of Topliss-reactive ketones (excluding diaryl/α,β-unsaturated/α-hetero) is 1. The molecule has 2 rings (SSSR count). The van der Waals surface area contributed by atoms with Crippen LogP contribution in [0.4, 0.5) is 0 Å². The summed E-state index contributed by atoms with van der Waals surface area (Å²) in [7, 11) is 0. The number of hydrogen-bond acceptors (Lipinski definition) is 4. The second kappa shape index (κ2) is 15.8. The lowest BCUT2D eigenvalue weighted by Crippen LogP contribution is -2.24. The SMILES string of the molecule is CC(C)(C)c1cc(CCC(=O)CCCCCCCNC(=O)CCc2cc(C(C)(C)C)c(O)c(C(C)(C)C)c2)cc(C(C)(C)C)c1O. The van der Waals surface area contributed by atoms with Crippen molar-refractivity contribution in [3.63, 3.8) is 0 Å². The predicted molar refractivity (Wildman–Crippen MR) is 193 cm³/mol. The van der Waals surface area contributed by atoms with Gasteiger partial charge in [-0.05, 0) is 80.7 Å². The number of carbonyl (C=O) groups is 2. The summed E-state index contributed by atoms with van der Waals surface area (Å²) in [5.41, 5.74) is 5.24. The van der Waals surface area contributed by atoms with E-state index in [1.165, 1.54) is 0 Å². The number of aromatic hydroxyl groups is 2. The van der Waals surface area contributed by atoms with Gasteiger partial charge in [0.2, 0.25) is 5.91 Å². The lowest BCUT2D eigenvalue weighted by atomic mass is 9.78. The van der Waals surface area contributed by atoms with Crippen molar-refractivity contribution in [2.24, 2.45) is 0 Å². The van der Waals surface area contributed by atoms with Crippen molar-refractivity contribution in [3.05, 3.63) is 57.6 Å². The summed E-state index contributed by atoms with van der Waals surface area (Å²) >= 11 is 0. The molecule has 0 spiro atoms. The number of unbranched alkanes of at least 4 members (excludes halogenated alkanes) is 4. The van der Waals surface area contributed by atoms with E-state index in [0.29, 0.717) is 55.9 Å². The van der Waals surface area contributed by atoms with E-state index in [1.54, 1.807) is 0 Å². The highest BCUT2D eigenvalue weighted by Gasteiger charge is 2.28. The van der Waals surface area contributed by atoms with Gasteiger partial charge in [0.1, 0.15) is 17.3 Å². The van der Waals surface area contributed by atoms with Gasteiger partial charge in [0.05, 0.1) is 0 Å². The molecule has 0 aromatic heterocycles. The third kappa shape index (κ3) is 12.1. The van der Waals surface area contributed by atoms with E-state index in [4.69, 9.17) is 0 Å². The van der Waals surface area contributed by atoms with Crippen LogP contribution in [0.5, 0.6) is 11.5 Å². The second-order valence-electron chi connectivity index (χ2n) is 17.5. The number of phenolic OH excluding ortho intramolecular Hbond substituents is 2. The highest BCUT2D eigenvalue weighted by atomic mass is 16.3. The largest absolute Gasteiger partial charge is 0.507 e. The van der Waals surface area contributed by atoms with Crippen molar-refractivity contribution in [2.45, 2.75) is 169 Å². The molecule has 0 unspecified atom stereocenters. The Labute approximate surface area is 281 Å². The van der Waals surface area contributed by atoms with Gasteiger partial charge >= 0.3 is 0 Å². The zero-order chi connectivity index (χ0) is 35.1. The molecule has 5 heteroatoms. The van der Waals surface area contributed by atoms with Gasteiger partial charge in [0, 0.05) is 25.8 Å². The van der Waals surface area contributed by atoms with Gasteiger partial charge in [-0.2, -0.15) is 0 Å². The molecule has 0 radical (unpaired) electrons. The number of ketones is 1. The first-order valence-corrected chi connectivity index (χ1v) is 17.5. The topological polar surface area (TPSA) is 86.6 Å². The number of hydrogen-bond donors (Lipinski definition) is 3. The zero-order valence-electron chi connectivity index (χ0n) is 31.3. The van der Waals surface area contributed by atoms with Gasteiger partial charge in [-0.15, -0.1) is 0 Å². The first-order valence-electron chi connectivity index (χ1n) is 17.5. The molecule has 0 fully saturated rings. The van der Waals surface area contributed by atoms with Gasteiger partial charge in [0.15, 0.2) is 0 Å². The van der Waals surface area contributed by atoms with E-state index in [2.05, 4.69) is 113 Å². The summed E-state index contributed by atoms with van der Waals surface area (Å²) in [5.74, 6) is 1.11. The first-order chi connectivity index (χ1) is 21.0. The molecule has 0 aliphatic carbocycles. The monoisotopic (exact) mass is 635 g/mol. The molecule has 2 aromatic rings. The van der Waals surface area contributed by atoms with Crippen LogP contribution in [0.1, 0.15) is 168 Å². The van der Waals surface area contributed by atoms with Crippen molar-refractivity contribution in [1.29, 1.82) is 0 Å². The lowest BCUT2D eigenvalue weighted by molar-refractivity contribution is -0.121. The minimum atomic E-state index is -0.184. The van der Waals surface area contributed by atoms with Crippen LogP contribution in [0.15, 0.2) is 24.3 Å². The molecule has 0 atom stereocenters. The van der Waals surface area contributed by atoms with E-state index in [0.717, 1.165) is 65.5 Å². The summed E-state index contributed by atoms with van der Waals surface area (Å²) in [6.45, 7) is 26.0. The molecule has 0 saturated heterocycles. The summed E-state index contributed by atoms with van der Waals surface area (Å²) < 4.78 is 0. The van der Waals surface area contributed by atoms with Crippen molar-refractivity contribution in [2.75, 3.05) is 6.54 Å². The maximum absolute atomic E-state index is 12.7. The smallest absolute Gasteiger partial charge is 0.220 e. The minimum absolute atomic E-state index is 0.0613. The van der Waals surface area contributed by atoms with Gasteiger partial charge in [-0.1, -0.05) is 127 Å². The minimum Gasteiger partial charge on any atom is -0.507 e. The number of carbonyl (C=O) groups excluding carboxylic acids is 2. The molecule has 2 aromatic carbocycles. The maximum Gasteiger partial charge on any atom is 0.220 e. The zero-order valence-corrected chi connectivity index (χ0v) is 31.3. The fourth-order valence-corrected chi connectivity index (χ4v) is 5.92. The molecule has 1 amide bonds. The average molecular weight is 636 g/mol. The summed E-state index contributed by atoms with van der Waals surface area (Å²) in [4.78, 5) is 25.2. The van der Waals surface area contributed by atoms with Crippen LogP contribution in [-0.2, 0) is 44.1 Å². The van der Waals surface area contributed by atoms with Crippen LogP contribution in [-0.4, -0.2) is 28.4 Å². The van der Waals surface area contributed by atoms with Gasteiger partial charge in [-0.3, -0.25) is 9.59 Å². The van der Waals surface area contributed by atoms with Crippen molar-refractivity contribution < 1.29 is 19.8 Å². The Kier molecular flexibility index (Phi) is 13.6. The molecular weight excluding hydrogens is 570 g/mol. The summed E-state index contributed by atoms with van der Waals surface area (Å²) in [6.07, 6.45) is 7.88. The molecule has 5 nitrogen and oxygen atoms in total. The van der Waals surface area contributed by atoms with Crippen LogP contribution < -0.4 is 5.32 Å². The highest BCUT2D eigenvalue weighted by molar-refractivity contribution is 5.78. The van der Waals surface area contributed by atoms with Crippen LogP contribution in [0, 0.1) is 0 Å². The number of aryl methyl sites for hydroxylation is 2. The molecule has 258 valence electrons. The number of benzene rings is 2. The number of phenols is 2. The Hall–Kier alpha value is -2.82. The Morgan fingerprint density at radius 1 is 0.522 bits per heavy atom. The van der Waals surface area contributed by atoms with Crippen molar-refractivity contribution in [1.82, 2.24) is 5.32 Å². The first kappa shape index (κ1) is 39.4. The number of nitrogens with one attached hydrogen (secondary N) is 1. The molecule has 3 N–H and O–H groups in total. The fourth-order valence-electron chi connectivity index (χ4n) is 5.92. The molecule has 0 aliphatic rings. The summed E-state index contributed by atoms with van der Waals surface area (Å²) in [5, 5.41) is 25.0. The Morgan fingerprint density at radius 3 is 1.26 bits per heavy atom. The van der Waals surface area contributed by atoms with Crippen LogP contribution in [0.25, 0.3) is 0 Å². The Morgan fingerprint density at radius 2 is 0.870 bits per heavy atom. The molecule has 0 bridgehead atoms. The molecule has 0 aliphatic heterocycles. The van der Waals surface area contributed by atoms with Crippen molar-refractivity contribution in [3.8, 4) is 11.5 Å².